The molecule has 1 aliphatic carbocycles. The van der Waals surface area contributed by atoms with Crippen LogP contribution in [0.15, 0.2) is 24.3 Å². The molecule has 2 N–H and O–H groups in total. The summed E-state index contributed by atoms with van der Waals surface area (Å²) < 4.78 is 1.74. The molecule has 1 saturated heterocycles. The van der Waals surface area contributed by atoms with Crippen LogP contribution in [0.4, 0.5) is 5.82 Å². The number of allylic oxidation sites excluding steroid dienone is 2. The first-order valence-electron chi connectivity index (χ1n) is 9.19. The molecule has 0 radical (unpaired) electrons. The van der Waals surface area contributed by atoms with Crippen LogP contribution < -0.4 is 5.73 Å². The van der Waals surface area contributed by atoms with Crippen molar-refractivity contribution in [1.82, 2.24) is 19.5 Å². The highest BCUT2D eigenvalue weighted by Crippen LogP contribution is 2.29. The number of aryl methyl sites for hydroxylation is 1. The Morgan fingerprint density at radius 2 is 2.17 bits per heavy atom. The van der Waals surface area contributed by atoms with Crippen molar-refractivity contribution in [2.75, 3.05) is 25.4 Å². The fourth-order valence-corrected chi connectivity index (χ4v) is 4.19. The number of fused-ring (bicyclic) bond motifs is 1. The van der Waals surface area contributed by atoms with Gasteiger partial charge in [0, 0.05) is 31.1 Å². The van der Waals surface area contributed by atoms with E-state index in [1.165, 1.54) is 45.2 Å². The third kappa shape index (κ3) is 3.18. The molecule has 2 atom stereocenters. The smallest absolute Gasteiger partial charge is 0.157 e. The van der Waals surface area contributed by atoms with Crippen LogP contribution in [0.5, 0.6) is 0 Å². The Labute approximate surface area is 143 Å². The van der Waals surface area contributed by atoms with Gasteiger partial charge in [-0.2, -0.15) is 9.61 Å². The van der Waals surface area contributed by atoms with Crippen LogP contribution in [-0.2, 0) is 0 Å². The summed E-state index contributed by atoms with van der Waals surface area (Å²) in [6, 6.07) is 4.03. The summed E-state index contributed by atoms with van der Waals surface area (Å²) in [5.41, 5.74) is 9.17. The van der Waals surface area contributed by atoms with Gasteiger partial charge in [0.05, 0.1) is 11.4 Å². The number of hydrogen-bond acceptors (Lipinski definition) is 4. The zero-order valence-electron chi connectivity index (χ0n) is 14.5. The largest absolute Gasteiger partial charge is 0.384 e. The number of anilines is 1. The number of aromatic nitrogens is 3. The molecule has 1 aliphatic heterocycles. The Bertz CT molecular complexity index is 748. The van der Waals surface area contributed by atoms with Gasteiger partial charge in [0.25, 0.3) is 0 Å². The lowest BCUT2D eigenvalue weighted by molar-refractivity contribution is 0.173. The molecule has 128 valence electrons. The van der Waals surface area contributed by atoms with Crippen molar-refractivity contribution in [3.05, 3.63) is 35.7 Å². The molecule has 0 amide bonds. The van der Waals surface area contributed by atoms with Gasteiger partial charge in [-0.3, -0.25) is 0 Å². The van der Waals surface area contributed by atoms with Gasteiger partial charge in [-0.05, 0) is 51.5 Å². The maximum atomic E-state index is 6.20. The summed E-state index contributed by atoms with van der Waals surface area (Å²) in [6.45, 7) is 5.54. The van der Waals surface area contributed by atoms with Crippen molar-refractivity contribution in [2.45, 2.75) is 44.9 Å². The fourth-order valence-electron chi connectivity index (χ4n) is 4.19. The topological polar surface area (TPSA) is 59.5 Å². The number of hydrogen-bond donors (Lipinski definition) is 1. The highest BCUT2D eigenvalue weighted by Gasteiger charge is 2.25. The highest BCUT2D eigenvalue weighted by atomic mass is 15.3. The molecule has 2 aromatic heterocycles. The number of piperidine rings is 1. The Balaban J connectivity index is 1.50. The quantitative estimate of drug-likeness (QED) is 0.881. The fraction of sp³-hybridized carbons (Fsp3) is 0.579. The molecule has 3 heterocycles. The van der Waals surface area contributed by atoms with E-state index in [1.807, 2.05) is 19.1 Å². The van der Waals surface area contributed by atoms with E-state index >= 15 is 0 Å². The van der Waals surface area contributed by atoms with Crippen molar-refractivity contribution < 1.29 is 0 Å². The van der Waals surface area contributed by atoms with Crippen LogP contribution in [0.2, 0.25) is 0 Å². The number of nitrogens with zero attached hydrogens (tertiary/aromatic N) is 4. The minimum Gasteiger partial charge on any atom is -0.384 e. The summed E-state index contributed by atoms with van der Waals surface area (Å²) in [4.78, 5) is 7.49. The molecule has 2 aliphatic rings. The molecular weight excluding hydrogens is 298 g/mol. The third-order valence-electron chi connectivity index (χ3n) is 5.41. The lowest BCUT2D eigenvalue weighted by atomic mass is 9.90. The second-order valence-corrected chi connectivity index (χ2v) is 7.41. The van der Waals surface area contributed by atoms with Crippen molar-refractivity contribution in [3.8, 4) is 0 Å². The predicted molar refractivity (Wildman–Crippen MR) is 97.0 cm³/mol. The van der Waals surface area contributed by atoms with Gasteiger partial charge in [0.2, 0.25) is 0 Å². The molecule has 0 bridgehead atoms. The number of likely N-dealkylation sites (tertiary alicyclic amines) is 1. The minimum absolute atomic E-state index is 0.486. The highest BCUT2D eigenvalue weighted by molar-refractivity contribution is 5.48. The monoisotopic (exact) mass is 325 g/mol. The average Bonchev–Trinajstić information content (AvgIpc) is 2.97. The van der Waals surface area contributed by atoms with Crippen LogP contribution in [0.1, 0.15) is 49.4 Å². The van der Waals surface area contributed by atoms with Gasteiger partial charge in [0.1, 0.15) is 5.82 Å². The molecule has 0 spiro atoms. The molecule has 24 heavy (non-hydrogen) atoms. The van der Waals surface area contributed by atoms with Crippen molar-refractivity contribution in [1.29, 1.82) is 0 Å². The summed E-state index contributed by atoms with van der Waals surface area (Å²) >= 11 is 0. The minimum atomic E-state index is 0.486. The second-order valence-electron chi connectivity index (χ2n) is 7.41. The molecule has 0 saturated carbocycles. The Hall–Kier alpha value is -1.88. The van der Waals surface area contributed by atoms with Gasteiger partial charge in [0.15, 0.2) is 5.65 Å². The molecular formula is C19H27N5. The summed E-state index contributed by atoms with van der Waals surface area (Å²) in [5.74, 6) is 2.00. The van der Waals surface area contributed by atoms with Gasteiger partial charge in [-0.1, -0.05) is 12.2 Å². The molecule has 0 unspecified atom stereocenters. The Kier molecular flexibility index (Phi) is 4.27. The van der Waals surface area contributed by atoms with E-state index in [4.69, 9.17) is 10.7 Å². The van der Waals surface area contributed by atoms with Crippen LogP contribution in [0.25, 0.3) is 5.65 Å². The van der Waals surface area contributed by atoms with E-state index in [9.17, 15) is 0 Å². The molecule has 5 nitrogen and oxygen atoms in total. The summed E-state index contributed by atoms with van der Waals surface area (Å²) in [6.07, 6.45) is 11.0. The van der Waals surface area contributed by atoms with Crippen LogP contribution in [0.3, 0.4) is 0 Å². The second kappa shape index (κ2) is 6.55. The zero-order valence-corrected chi connectivity index (χ0v) is 14.5. The number of nitrogen functional groups attached to an aromatic ring is 1. The average molecular weight is 325 g/mol. The van der Waals surface area contributed by atoms with E-state index in [1.54, 1.807) is 4.52 Å². The SMILES string of the molecule is Cc1cc2nc([C@H]3CCCN(C[C@H]4CC=CCC4)C3)cc(N)n2n1. The maximum Gasteiger partial charge on any atom is 0.157 e. The first-order valence-corrected chi connectivity index (χ1v) is 9.19. The number of rotatable bonds is 3. The van der Waals surface area contributed by atoms with E-state index in [2.05, 4.69) is 22.2 Å². The first-order chi connectivity index (χ1) is 11.7. The van der Waals surface area contributed by atoms with E-state index in [0.29, 0.717) is 11.7 Å². The predicted octanol–water partition coefficient (Wildman–Crippen LogP) is 3.16. The lowest BCUT2D eigenvalue weighted by Crippen LogP contribution is -2.38. The first kappa shape index (κ1) is 15.6. The van der Waals surface area contributed by atoms with E-state index in [0.717, 1.165) is 29.5 Å². The normalized spacial score (nSPS) is 25.4. The van der Waals surface area contributed by atoms with Gasteiger partial charge in [-0.15, -0.1) is 0 Å². The lowest BCUT2D eigenvalue weighted by Gasteiger charge is -2.35. The third-order valence-corrected chi connectivity index (χ3v) is 5.41. The molecule has 1 fully saturated rings. The molecule has 2 aromatic rings. The van der Waals surface area contributed by atoms with Crippen molar-refractivity contribution in [3.63, 3.8) is 0 Å². The Morgan fingerprint density at radius 3 is 3.00 bits per heavy atom. The van der Waals surface area contributed by atoms with Gasteiger partial charge < -0.3 is 10.6 Å². The summed E-state index contributed by atoms with van der Waals surface area (Å²) in [5, 5.41) is 4.40. The van der Waals surface area contributed by atoms with E-state index < -0.39 is 0 Å². The summed E-state index contributed by atoms with van der Waals surface area (Å²) in [7, 11) is 0. The van der Waals surface area contributed by atoms with Crippen LogP contribution in [0, 0.1) is 12.8 Å². The van der Waals surface area contributed by atoms with E-state index in [-0.39, 0.29) is 0 Å². The maximum absolute atomic E-state index is 6.20. The standard InChI is InChI=1S/C19H27N5/c1-14-10-19-21-17(11-18(20)24(19)22-14)16-8-5-9-23(13-16)12-15-6-3-2-4-7-15/h2-3,10-11,15-16H,4-9,12-13,20H2,1H3/t15-,16-/m0/s1. The molecule has 4 rings (SSSR count). The van der Waals surface area contributed by atoms with Gasteiger partial charge in [-0.25, -0.2) is 4.98 Å². The van der Waals surface area contributed by atoms with Crippen molar-refractivity contribution >= 4 is 11.5 Å². The van der Waals surface area contributed by atoms with Crippen molar-refractivity contribution in [2.24, 2.45) is 5.92 Å². The Morgan fingerprint density at radius 1 is 1.25 bits per heavy atom. The van der Waals surface area contributed by atoms with Gasteiger partial charge >= 0.3 is 0 Å². The molecule has 0 aromatic carbocycles. The van der Waals surface area contributed by atoms with Crippen LogP contribution >= 0.6 is 0 Å². The molecule has 5 heteroatoms. The number of nitrogens with two attached hydrogens (primary N) is 1. The van der Waals surface area contributed by atoms with Crippen LogP contribution in [-0.4, -0.2) is 39.1 Å². The zero-order chi connectivity index (χ0) is 16.5.